The minimum atomic E-state index is -3.52. The number of rotatable bonds is 5. The Morgan fingerprint density at radius 2 is 1.67 bits per heavy atom. The van der Waals surface area contributed by atoms with Gasteiger partial charge >= 0.3 is 5.69 Å². The number of tetrazole rings is 1. The lowest BCUT2D eigenvalue weighted by atomic mass is 10.2. The lowest BCUT2D eigenvalue weighted by Gasteiger charge is -2.08. The van der Waals surface area contributed by atoms with Crippen LogP contribution in [0.3, 0.4) is 0 Å². The van der Waals surface area contributed by atoms with Gasteiger partial charge in [0.15, 0.2) is 0 Å². The molecule has 1 aromatic heterocycles. The van der Waals surface area contributed by atoms with E-state index < -0.39 is 10.0 Å². The Hall–Kier alpha value is -2.94. The SMILES string of the molecule is Cn1nnn(-c2ccc(NS(=O)(=O)Cc3ccccc3)cc2)c1=O. The highest BCUT2D eigenvalue weighted by molar-refractivity contribution is 7.91. The molecule has 0 aliphatic carbocycles. The third kappa shape index (κ3) is 3.51. The number of nitrogens with zero attached hydrogens (tertiary/aromatic N) is 4. The van der Waals surface area contributed by atoms with Crippen molar-refractivity contribution in [1.29, 1.82) is 0 Å². The Morgan fingerprint density at radius 1 is 1.00 bits per heavy atom. The van der Waals surface area contributed by atoms with E-state index in [0.717, 1.165) is 9.36 Å². The van der Waals surface area contributed by atoms with Gasteiger partial charge in [-0.05, 0) is 40.3 Å². The van der Waals surface area contributed by atoms with Crippen LogP contribution in [0.15, 0.2) is 59.4 Å². The van der Waals surface area contributed by atoms with Crippen molar-refractivity contribution < 1.29 is 8.42 Å². The second-order valence-corrected chi connectivity index (χ2v) is 6.91. The van der Waals surface area contributed by atoms with Crippen molar-refractivity contribution in [2.24, 2.45) is 7.05 Å². The van der Waals surface area contributed by atoms with Crippen LogP contribution < -0.4 is 10.4 Å². The maximum absolute atomic E-state index is 12.2. The van der Waals surface area contributed by atoms with Gasteiger partial charge < -0.3 is 0 Å². The summed E-state index contributed by atoms with van der Waals surface area (Å²) in [5.41, 5.74) is 1.23. The molecule has 0 bridgehead atoms. The van der Waals surface area contributed by atoms with Gasteiger partial charge in [-0.3, -0.25) is 4.72 Å². The molecule has 0 saturated carbocycles. The fourth-order valence-corrected chi connectivity index (χ4v) is 3.35. The number of anilines is 1. The summed E-state index contributed by atoms with van der Waals surface area (Å²) in [4.78, 5) is 11.8. The molecular formula is C15H15N5O3S. The molecule has 0 saturated heterocycles. The third-order valence-electron chi connectivity index (χ3n) is 3.31. The topological polar surface area (TPSA) is 98.9 Å². The molecule has 9 heteroatoms. The molecule has 8 nitrogen and oxygen atoms in total. The zero-order chi connectivity index (χ0) is 17.2. The van der Waals surface area contributed by atoms with Crippen molar-refractivity contribution in [3.63, 3.8) is 0 Å². The van der Waals surface area contributed by atoms with Gasteiger partial charge in [0.2, 0.25) is 10.0 Å². The van der Waals surface area contributed by atoms with E-state index in [1.807, 2.05) is 6.07 Å². The van der Waals surface area contributed by atoms with E-state index in [0.29, 0.717) is 16.9 Å². The molecule has 0 radical (unpaired) electrons. The van der Waals surface area contributed by atoms with Crippen LogP contribution in [0.1, 0.15) is 5.56 Å². The molecule has 0 aliphatic rings. The van der Waals surface area contributed by atoms with Gasteiger partial charge in [-0.1, -0.05) is 30.3 Å². The Balaban J connectivity index is 1.76. The molecule has 3 aromatic rings. The van der Waals surface area contributed by atoms with Gasteiger partial charge in [-0.15, -0.1) is 0 Å². The van der Waals surface area contributed by atoms with Gasteiger partial charge in [0.05, 0.1) is 11.4 Å². The number of aromatic nitrogens is 4. The standard InChI is InChI=1S/C15H15N5O3S/c1-19-15(21)20(18-17-19)14-9-7-13(8-10-14)16-24(22,23)11-12-5-3-2-4-6-12/h2-10,16H,11H2,1H3. The van der Waals surface area contributed by atoms with Crippen molar-refractivity contribution in [3.05, 3.63) is 70.6 Å². The van der Waals surface area contributed by atoms with E-state index >= 15 is 0 Å². The van der Waals surface area contributed by atoms with Crippen LogP contribution in [0.2, 0.25) is 0 Å². The maximum atomic E-state index is 12.2. The van der Waals surface area contributed by atoms with E-state index in [2.05, 4.69) is 15.1 Å². The monoisotopic (exact) mass is 345 g/mol. The van der Waals surface area contributed by atoms with Gasteiger partial charge in [0.1, 0.15) is 0 Å². The second-order valence-electron chi connectivity index (χ2n) is 5.19. The summed E-state index contributed by atoms with van der Waals surface area (Å²) in [6.07, 6.45) is 0. The number of aryl methyl sites for hydroxylation is 1. The highest BCUT2D eigenvalue weighted by Crippen LogP contribution is 2.15. The van der Waals surface area contributed by atoms with Crippen LogP contribution in [0.5, 0.6) is 0 Å². The molecule has 0 spiro atoms. The van der Waals surface area contributed by atoms with Crippen LogP contribution >= 0.6 is 0 Å². The average Bonchev–Trinajstić information content (AvgIpc) is 2.88. The van der Waals surface area contributed by atoms with E-state index in [1.54, 1.807) is 48.5 Å². The zero-order valence-corrected chi connectivity index (χ0v) is 13.6. The highest BCUT2D eigenvalue weighted by Gasteiger charge is 2.12. The molecule has 0 aliphatic heterocycles. The lowest BCUT2D eigenvalue weighted by Crippen LogP contribution is -2.21. The first kappa shape index (κ1) is 15.9. The lowest BCUT2D eigenvalue weighted by molar-refractivity contribution is 0.600. The molecule has 0 atom stereocenters. The van der Waals surface area contributed by atoms with Crippen molar-refractivity contribution in [2.75, 3.05) is 4.72 Å². The molecule has 0 fully saturated rings. The summed E-state index contributed by atoms with van der Waals surface area (Å²) in [5.74, 6) is -0.112. The summed E-state index contributed by atoms with van der Waals surface area (Å²) < 4.78 is 29.1. The molecule has 24 heavy (non-hydrogen) atoms. The number of hydrogen-bond donors (Lipinski definition) is 1. The van der Waals surface area contributed by atoms with Crippen molar-refractivity contribution in [2.45, 2.75) is 5.75 Å². The van der Waals surface area contributed by atoms with E-state index in [-0.39, 0.29) is 11.4 Å². The van der Waals surface area contributed by atoms with Gasteiger partial charge in [0, 0.05) is 12.7 Å². The second kappa shape index (κ2) is 6.28. The molecule has 1 heterocycles. The molecule has 3 rings (SSSR count). The third-order valence-corrected chi connectivity index (χ3v) is 4.57. The van der Waals surface area contributed by atoms with E-state index in [4.69, 9.17) is 0 Å². The number of sulfonamides is 1. The quantitative estimate of drug-likeness (QED) is 0.741. The molecule has 124 valence electrons. The highest BCUT2D eigenvalue weighted by atomic mass is 32.2. The minimum Gasteiger partial charge on any atom is -0.283 e. The smallest absolute Gasteiger partial charge is 0.283 e. The van der Waals surface area contributed by atoms with Crippen molar-refractivity contribution in [3.8, 4) is 5.69 Å². The fraction of sp³-hybridized carbons (Fsp3) is 0.133. The van der Waals surface area contributed by atoms with Crippen LogP contribution in [-0.4, -0.2) is 28.2 Å². The summed E-state index contributed by atoms with van der Waals surface area (Å²) in [5, 5.41) is 7.35. The van der Waals surface area contributed by atoms with E-state index in [9.17, 15) is 13.2 Å². The molecular weight excluding hydrogens is 330 g/mol. The van der Waals surface area contributed by atoms with Crippen LogP contribution in [-0.2, 0) is 22.8 Å². The Bertz CT molecular complexity index is 992. The zero-order valence-electron chi connectivity index (χ0n) is 12.8. The largest absolute Gasteiger partial charge is 0.368 e. The first-order chi connectivity index (χ1) is 11.4. The maximum Gasteiger partial charge on any atom is 0.368 e. The first-order valence-corrected chi connectivity index (χ1v) is 8.74. The normalized spacial score (nSPS) is 11.4. The summed E-state index contributed by atoms with van der Waals surface area (Å²) in [6, 6.07) is 15.2. The van der Waals surface area contributed by atoms with E-state index in [1.165, 1.54) is 7.05 Å². The van der Waals surface area contributed by atoms with Crippen LogP contribution in [0, 0.1) is 0 Å². The fourth-order valence-electron chi connectivity index (χ4n) is 2.16. The van der Waals surface area contributed by atoms with Gasteiger partial charge in [0.25, 0.3) is 0 Å². The van der Waals surface area contributed by atoms with Gasteiger partial charge in [-0.25, -0.2) is 13.2 Å². The number of benzene rings is 2. The summed E-state index contributed by atoms with van der Waals surface area (Å²) in [7, 11) is -2.02. The molecule has 0 unspecified atom stereocenters. The summed E-state index contributed by atoms with van der Waals surface area (Å²) in [6.45, 7) is 0. The molecule has 1 N–H and O–H groups in total. The Morgan fingerprint density at radius 3 is 2.25 bits per heavy atom. The first-order valence-electron chi connectivity index (χ1n) is 7.08. The number of nitrogens with one attached hydrogen (secondary N) is 1. The van der Waals surface area contributed by atoms with Crippen molar-refractivity contribution >= 4 is 15.7 Å². The Labute approximate surface area is 138 Å². The number of hydrogen-bond acceptors (Lipinski definition) is 5. The predicted molar refractivity (Wildman–Crippen MR) is 89.3 cm³/mol. The van der Waals surface area contributed by atoms with Crippen molar-refractivity contribution in [1.82, 2.24) is 19.8 Å². The Kier molecular flexibility index (Phi) is 4.17. The molecule has 0 amide bonds. The van der Waals surface area contributed by atoms with Crippen LogP contribution in [0.25, 0.3) is 5.69 Å². The minimum absolute atomic E-state index is 0.112. The predicted octanol–water partition coefficient (Wildman–Crippen LogP) is 0.908. The van der Waals surface area contributed by atoms with Gasteiger partial charge in [-0.2, -0.15) is 9.36 Å². The molecule has 2 aromatic carbocycles. The average molecular weight is 345 g/mol. The summed E-state index contributed by atoms with van der Waals surface area (Å²) >= 11 is 0. The van der Waals surface area contributed by atoms with Crippen LogP contribution in [0.4, 0.5) is 5.69 Å².